The molecule has 1 atom stereocenters. The number of carbonyl (C=O) groups excluding carboxylic acids is 6. The number of carbonyl (C=O) groups is 6. The maximum absolute atomic E-state index is 13.6. The average Bonchev–Trinajstić information content (AvgIpc) is 3.63. The van der Waals surface area contributed by atoms with E-state index in [1.165, 1.54) is 11.3 Å². The molecule has 430 valence electrons. The third kappa shape index (κ3) is 27.0. The van der Waals surface area contributed by atoms with E-state index in [4.69, 9.17) is 57.9 Å². The number of aliphatic imine (C=N–C) groups is 2. The number of pyridine rings is 1. The number of amides is 7. The van der Waals surface area contributed by atoms with Crippen LogP contribution < -0.4 is 16.4 Å². The van der Waals surface area contributed by atoms with Gasteiger partial charge in [0, 0.05) is 75.2 Å². The molecule has 1 aromatic rings. The number of imide groups is 1. The van der Waals surface area contributed by atoms with Crippen LogP contribution in [-0.4, -0.2) is 245 Å². The van der Waals surface area contributed by atoms with Crippen LogP contribution in [0, 0.1) is 5.92 Å². The molecule has 26 nitrogen and oxygen atoms in total. The first-order valence-electron chi connectivity index (χ1n) is 26.3. The lowest BCUT2D eigenvalue weighted by Crippen LogP contribution is -2.41. The van der Waals surface area contributed by atoms with Gasteiger partial charge in [0.2, 0.25) is 5.91 Å². The van der Waals surface area contributed by atoms with Gasteiger partial charge in [-0.2, -0.15) is 0 Å². The van der Waals surface area contributed by atoms with Crippen molar-refractivity contribution in [2.75, 3.05) is 178 Å². The van der Waals surface area contributed by atoms with Crippen LogP contribution in [0.1, 0.15) is 55.6 Å². The number of likely N-dealkylation sites (tertiary alicyclic amines) is 1. The molecule has 1 aromatic heterocycles. The van der Waals surface area contributed by atoms with E-state index >= 15 is 0 Å². The molecule has 3 aliphatic rings. The van der Waals surface area contributed by atoms with Gasteiger partial charge in [0.25, 0.3) is 23.6 Å². The Morgan fingerprint density at radius 3 is 1.71 bits per heavy atom. The molecule has 0 radical (unpaired) electrons. The van der Waals surface area contributed by atoms with Gasteiger partial charge in [-0.25, -0.2) is 19.8 Å². The van der Waals surface area contributed by atoms with Gasteiger partial charge in [-0.05, 0) is 38.3 Å². The fourth-order valence-electron chi connectivity index (χ4n) is 7.35. The van der Waals surface area contributed by atoms with Gasteiger partial charge in [0.1, 0.15) is 12.4 Å². The second kappa shape index (κ2) is 39.7. The number of ether oxygens (including phenoxy) is 10. The summed E-state index contributed by atoms with van der Waals surface area (Å²) in [7, 11) is 0. The standard InChI is InChI=1S/C51H79N9O17/c1-3-11-60(77-4-2)50(65)41-33-43-44(57-45(52)35-41)34-42(37-55-43)49(64)58-12-5-6-40(38-58)36-56-51(66)54-10-14-68-16-18-70-20-22-72-24-26-74-28-30-76-32-31-75-29-27-73-25-23-71-21-19-69-17-15-67-13-9-53-46(61)39-59-47(62)7-8-48(59)63/h7-8,33-34,36-37,40H,3-6,9-32,35,38-39H2,1-2H3,(H2,52,57)(H,53,61)(H,54,66)/b56-36+. The number of hydroxylamine groups is 2. The number of hydrogen-bond acceptors (Lipinski definition) is 20. The molecule has 3 aliphatic heterocycles. The van der Waals surface area contributed by atoms with Crippen LogP contribution in [0.2, 0.25) is 0 Å². The first kappa shape index (κ1) is 63.9. The molecule has 4 rings (SSSR count). The Morgan fingerprint density at radius 2 is 1.22 bits per heavy atom. The summed E-state index contributed by atoms with van der Waals surface area (Å²) in [4.78, 5) is 95.0. The highest BCUT2D eigenvalue weighted by Crippen LogP contribution is 2.28. The zero-order valence-electron chi connectivity index (χ0n) is 44.7. The van der Waals surface area contributed by atoms with Gasteiger partial charge in [0.05, 0.1) is 156 Å². The van der Waals surface area contributed by atoms with E-state index in [1.807, 2.05) is 13.8 Å². The van der Waals surface area contributed by atoms with Crippen LogP contribution >= 0.6 is 0 Å². The lowest BCUT2D eigenvalue weighted by atomic mass is 9.98. The average molecular weight is 1090 g/mol. The highest BCUT2D eigenvalue weighted by Gasteiger charge is 2.28. The molecule has 77 heavy (non-hydrogen) atoms. The summed E-state index contributed by atoms with van der Waals surface area (Å²) in [6, 6.07) is 1.15. The van der Waals surface area contributed by atoms with Crippen molar-refractivity contribution in [2.24, 2.45) is 21.6 Å². The first-order chi connectivity index (χ1) is 37.6. The molecule has 1 unspecified atom stereocenters. The highest BCUT2D eigenvalue weighted by molar-refractivity contribution is 6.14. The number of fused-ring (bicyclic) bond motifs is 1. The van der Waals surface area contributed by atoms with Crippen LogP contribution in [-0.2, 0) is 71.4 Å². The van der Waals surface area contributed by atoms with Crippen molar-refractivity contribution >= 4 is 59.4 Å². The predicted molar refractivity (Wildman–Crippen MR) is 279 cm³/mol. The number of nitrogens with two attached hydrogens (primary N) is 1. The highest BCUT2D eigenvalue weighted by atomic mass is 16.7. The fraction of sp³-hybridized carbons (Fsp3) is 0.667. The molecule has 1 fully saturated rings. The van der Waals surface area contributed by atoms with E-state index in [9.17, 15) is 28.8 Å². The van der Waals surface area contributed by atoms with Crippen LogP contribution in [0.4, 0.5) is 10.5 Å². The lowest BCUT2D eigenvalue weighted by molar-refractivity contribution is -0.180. The topological polar surface area (TPSA) is 301 Å². The van der Waals surface area contributed by atoms with Crippen LogP contribution in [0.5, 0.6) is 0 Å². The van der Waals surface area contributed by atoms with E-state index in [0.717, 1.165) is 36.3 Å². The number of nitrogens with one attached hydrogen (secondary N) is 2. The second-order valence-electron chi connectivity index (χ2n) is 17.1. The minimum Gasteiger partial charge on any atom is -0.387 e. The van der Waals surface area contributed by atoms with E-state index < -0.39 is 23.8 Å². The quantitative estimate of drug-likeness (QED) is 0.0354. The summed E-state index contributed by atoms with van der Waals surface area (Å²) >= 11 is 0. The SMILES string of the molecule is CCCN(OCC)C(=O)C1=Cc2ncc(C(=O)N3CCCC(/C=N/C(=O)NCCOCCOCCOCCOCCOCCOCCOCCOCCOCCOCCNC(=O)CN4C(=O)C=CC4=O)C3)cc2N=C(N)C1. The third-order valence-corrected chi connectivity index (χ3v) is 11.1. The van der Waals surface area contributed by atoms with Gasteiger partial charge in [-0.3, -0.25) is 38.7 Å². The van der Waals surface area contributed by atoms with Crippen LogP contribution in [0.15, 0.2) is 40.0 Å². The van der Waals surface area contributed by atoms with Crippen molar-refractivity contribution in [1.29, 1.82) is 0 Å². The van der Waals surface area contributed by atoms with Crippen LogP contribution in [0.25, 0.3) is 6.08 Å². The molecule has 0 bridgehead atoms. The summed E-state index contributed by atoms with van der Waals surface area (Å²) < 4.78 is 54.9. The van der Waals surface area contributed by atoms with Crippen molar-refractivity contribution in [3.63, 3.8) is 0 Å². The van der Waals surface area contributed by atoms with Crippen molar-refractivity contribution in [1.82, 2.24) is 30.5 Å². The molecule has 7 amide bonds. The summed E-state index contributed by atoms with van der Waals surface area (Å²) in [6.45, 7) is 13.7. The fourth-order valence-corrected chi connectivity index (χ4v) is 7.35. The molecule has 4 N–H and O–H groups in total. The number of piperidine rings is 1. The van der Waals surface area contributed by atoms with E-state index in [1.54, 1.807) is 23.3 Å². The Morgan fingerprint density at radius 1 is 0.727 bits per heavy atom. The van der Waals surface area contributed by atoms with Crippen LogP contribution in [0.3, 0.4) is 0 Å². The van der Waals surface area contributed by atoms with Gasteiger partial charge in [0.15, 0.2) is 0 Å². The minimum absolute atomic E-state index is 0.102. The summed E-state index contributed by atoms with van der Waals surface area (Å²) in [6.07, 6.45) is 9.35. The Kier molecular flexibility index (Phi) is 32.9. The number of hydrogen-bond donors (Lipinski definition) is 3. The van der Waals surface area contributed by atoms with Gasteiger partial charge >= 0.3 is 6.03 Å². The molecule has 0 spiro atoms. The van der Waals surface area contributed by atoms with Gasteiger partial charge in [-0.1, -0.05) is 6.92 Å². The van der Waals surface area contributed by atoms with E-state index in [0.29, 0.717) is 174 Å². The molecule has 0 saturated carbocycles. The Labute approximate surface area is 450 Å². The molecule has 1 saturated heterocycles. The maximum Gasteiger partial charge on any atom is 0.340 e. The minimum atomic E-state index is -0.501. The molecular formula is C51H79N9O17. The van der Waals surface area contributed by atoms with Crippen molar-refractivity contribution < 1.29 is 81.0 Å². The summed E-state index contributed by atoms with van der Waals surface area (Å²) in [5.74, 6) is -1.84. The van der Waals surface area contributed by atoms with E-state index in [-0.39, 0.29) is 56.2 Å². The first-order valence-corrected chi connectivity index (χ1v) is 26.3. The molecular weight excluding hydrogens is 1010 g/mol. The van der Waals surface area contributed by atoms with Gasteiger partial charge in [-0.15, -0.1) is 0 Å². The maximum atomic E-state index is 13.6. The zero-order chi connectivity index (χ0) is 55.1. The largest absolute Gasteiger partial charge is 0.387 e. The number of urea groups is 1. The smallest absolute Gasteiger partial charge is 0.340 e. The Bertz CT molecular complexity index is 2050. The molecule has 26 heteroatoms. The molecule has 0 aromatic carbocycles. The monoisotopic (exact) mass is 1090 g/mol. The number of nitrogens with zero attached hydrogens (tertiary/aromatic N) is 6. The van der Waals surface area contributed by atoms with Crippen molar-refractivity contribution in [2.45, 2.75) is 39.5 Å². The van der Waals surface area contributed by atoms with Crippen molar-refractivity contribution in [3.8, 4) is 0 Å². The summed E-state index contributed by atoms with van der Waals surface area (Å²) in [5, 5.41) is 6.62. The lowest BCUT2D eigenvalue weighted by Gasteiger charge is -2.31. The summed E-state index contributed by atoms with van der Waals surface area (Å²) in [5.41, 5.74) is 7.78. The number of amidine groups is 1. The zero-order valence-corrected chi connectivity index (χ0v) is 44.7. The van der Waals surface area contributed by atoms with E-state index in [2.05, 4.69) is 25.6 Å². The molecule has 4 heterocycles. The number of rotatable bonds is 42. The Balaban J connectivity index is 0.858. The predicted octanol–water partition coefficient (Wildman–Crippen LogP) is 0.887. The normalized spacial score (nSPS) is 15.4. The van der Waals surface area contributed by atoms with Crippen molar-refractivity contribution in [3.05, 3.63) is 41.2 Å². The number of aromatic nitrogens is 1. The van der Waals surface area contributed by atoms with Gasteiger partial charge < -0.3 is 68.6 Å². The Hall–Kier alpha value is -5.65. The molecule has 0 aliphatic carbocycles. The third-order valence-electron chi connectivity index (χ3n) is 11.1. The second-order valence-corrected chi connectivity index (χ2v) is 17.1.